The molecule has 12 heavy (non-hydrogen) atoms. The van der Waals surface area contributed by atoms with Crippen molar-refractivity contribution in [1.82, 2.24) is 0 Å². The minimum Gasteiger partial charge on any atom is -0.490 e. The van der Waals surface area contributed by atoms with E-state index in [-0.39, 0.29) is 0 Å². The van der Waals surface area contributed by atoms with Gasteiger partial charge in [0.25, 0.3) is 0 Å². The van der Waals surface area contributed by atoms with E-state index in [0.29, 0.717) is 12.4 Å². The molecule has 0 unspecified atom stereocenters. The maximum atomic E-state index is 12.8. The Hall–Kier alpha value is -1.05. The van der Waals surface area contributed by atoms with Crippen molar-refractivity contribution in [2.45, 2.75) is 19.8 Å². The molecule has 1 radical (unpaired) electrons. The first kappa shape index (κ1) is 9.04. The highest BCUT2D eigenvalue weighted by Crippen LogP contribution is 2.14. The Bertz CT molecular complexity index is 235. The highest BCUT2D eigenvalue weighted by atomic mass is 19.1. The second-order valence-corrected chi connectivity index (χ2v) is 2.55. The number of unbranched alkanes of at least 4 members (excludes halogenated alkanes) is 1. The van der Waals surface area contributed by atoms with E-state index in [4.69, 9.17) is 4.74 Å². The van der Waals surface area contributed by atoms with Gasteiger partial charge in [0.15, 0.2) is 11.6 Å². The van der Waals surface area contributed by atoms with E-state index in [2.05, 4.69) is 13.0 Å². The Labute approximate surface area is 72.2 Å². The first-order valence-corrected chi connectivity index (χ1v) is 4.13. The lowest BCUT2D eigenvalue weighted by atomic mass is 10.3. The first-order chi connectivity index (χ1) is 5.84. The van der Waals surface area contributed by atoms with Gasteiger partial charge in [0.1, 0.15) is 0 Å². The van der Waals surface area contributed by atoms with Crippen molar-refractivity contribution < 1.29 is 9.13 Å². The quantitative estimate of drug-likeness (QED) is 0.626. The molecule has 0 aliphatic carbocycles. The van der Waals surface area contributed by atoms with E-state index in [1.165, 1.54) is 6.07 Å². The van der Waals surface area contributed by atoms with Crippen molar-refractivity contribution in [2.75, 3.05) is 6.61 Å². The molecule has 0 N–H and O–H groups in total. The predicted octanol–water partition coefficient (Wildman–Crippen LogP) is 2.80. The Morgan fingerprint density at radius 2 is 2.42 bits per heavy atom. The molecule has 1 aromatic carbocycles. The SMILES string of the molecule is CCCCOc1ccc[c]c1F. The molecule has 0 saturated heterocycles. The Morgan fingerprint density at radius 1 is 1.58 bits per heavy atom. The summed E-state index contributed by atoms with van der Waals surface area (Å²) < 4.78 is 18.0. The summed E-state index contributed by atoms with van der Waals surface area (Å²) in [5.74, 6) is -0.112. The summed E-state index contributed by atoms with van der Waals surface area (Å²) in [6, 6.07) is 7.29. The molecule has 0 bridgehead atoms. The molecule has 1 nitrogen and oxygen atoms in total. The Morgan fingerprint density at radius 3 is 3.08 bits per heavy atom. The van der Waals surface area contributed by atoms with E-state index >= 15 is 0 Å². The van der Waals surface area contributed by atoms with E-state index in [1.54, 1.807) is 12.1 Å². The van der Waals surface area contributed by atoms with Crippen LogP contribution < -0.4 is 4.74 Å². The molecule has 0 aliphatic rings. The average molecular weight is 167 g/mol. The topological polar surface area (TPSA) is 9.23 Å². The molecule has 0 aromatic heterocycles. The average Bonchev–Trinajstić information content (AvgIpc) is 2.09. The van der Waals surface area contributed by atoms with Gasteiger partial charge in [0.2, 0.25) is 0 Å². The predicted molar refractivity (Wildman–Crippen MR) is 45.6 cm³/mol. The van der Waals surface area contributed by atoms with Gasteiger partial charge >= 0.3 is 0 Å². The van der Waals surface area contributed by atoms with Crippen LogP contribution in [0.3, 0.4) is 0 Å². The maximum absolute atomic E-state index is 12.8. The fourth-order valence-corrected chi connectivity index (χ4v) is 0.839. The summed E-state index contributed by atoms with van der Waals surface area (Å²) in [4.78, 5) is 0. The van der Waals surface area contributed by atoms with Gasteiger partial charge in [-0.25, -0.2) is 4.39 Å². The van der Waals surface area contributed by atoms with E-state index in [1.807, 2.05) is 0 Å². The summed E-state index contributed by atoms with van der Waals surface area (Å²) in [5.41, 5.74) is 0. The normalized spacial score (nSPS) is 9.83. The molecular formula is C10H12FO. The van der Waals surface area contributed by atoms with Crippen LogP contribution in [0.4, 0.5) is 4.39 Å². The second kappa shape index (κ2) is 4.75. The molecule has 1 rings (SSSR count). The van der Waals surface area contributed by atoms with Gasteiger partial charge in [-0.2, -0.15) is 0 Å². The van der Waals surface area contributed by atoms with Crippen molar-refractivity contribution in [1.29, 1.82) is 0 Å². The molecule has 0 atom stereocenters. The van der Waals surface area contributed by atoms with Crippen LogP contribution in [0.2, 0.25) is 0 Å². The van der Waals surface area contributed by atoms with Gasteiger partial charge < -0.3 is 4.74 Å². The summed E-state index contributed by atoms with van der Waals surface area (Å²) in [6.45, 7) is 2.64. The number of hydrogen-bond donors (Lipinski definition) is 0. The Balaban J connectivity index is 2.46. The summed E-state index contributed by atoms with van der Waals surface area (Å²) >= 11 is 0. The molecule has 2 heteroatoms. The summed E-state index contributed by atoms with van der Waals surface area (Å²) in [5, 5.41) is 0. The van der Waals surface area contributed by atoms with Crippen LogP contribution in [0.1, 0.15) is 19.8 Å². The zero-order valence-electron chi connectivity index (χ0n) is 7.14. The van der Waals surface area contributed by atoms with Gasteiger partial charge in [-0.05, 0) is 12.5 Å². The highest BCUT2D eigenvalue weighted by molar-refractivity contribution is 5.22. The minimum absolute atomic E-state index is 0.297. The number of ether oxygens (including phenoxy) is 1. The van der Waals surface area contributed by atoms with E-state index < -0.39 is 5.82 Å². The van der Waals surface area contributed by atoms with Crippen LogP contribution in [-0.4, -0.2) is 6.61 Å². The number of benzene rings is 1. The molecule has 1 aromatic rings. The molecule has 0 amide bonds. The molecule has 0 aliphatic heterocycles. The van der Waals surface area contributed by atoms with Crippen molar-refractivity contribution in [3.8, 4) is 5.75 Å². The van der Waals surface area contributed by atoms with Gasteiger partial charge in [0.05, 0.1) is 6.61 Å². The van der Waals surface area contributed by atoms with Crippen LogP contribution in [0.15, 0.2) is 18.2 Å². The second-order valence-electron chi connectivity index (χ2n) is 2.55. The third kappa shape index (κ3) is 2.53. The van der Waals surface area contributed by atoms with Gasteiger partial charge in [-0.1, -0.05) is 25.5 Å². The molecular weight excluding hydrogens is 155 g/mol. The zero-order valence-corrected chi connectivity index (χ0v) is 7.14. The lowest BCUT2D eigenvalue weighted by molar-refractivity contribution is 0.294. The van der Waals surface area contributed by atoms with Crippen molar-refractivity contribution in [3.05, 3.63) is 30.1 Å². The van der Waals surface area contributed by atoms with Crippen LogP contribution in [0.5, 0.6) is 5.75 Å². The van der Waals surface area contributed by atoms with Gasteiger partial charge in [0, 0.05) is 6.07 Å². The maximum Gasteiger partial charge on any atom is 0.172 e. The van der Waals surface area contributed by atoms with Gasteiger partial charge in [-0.3, -0.25) is 0 Å². The molecule has 65 valence electrons. The fraction of sp³-hybridized carbons (Fsp3) is 0.400. The fourth-order valence-electron chi connectivity index (χ4n) is 0.839. The van der Waals surface area contributed by atoms with E-state index in [9.17, 15) is 4.39 Å². The zero-order chi connectivity index (χ0) is 8.81. The molecule has 0 saturated carbocycles. The molecule has 0 heterocycles. The van der Waals surface area contributed by atoms with Crippen LogP contribution in [0, 0.1) is 11.9 Å². The first-order valence-electron chi connectivity index (χ1n) is 4.13. The largest absolute Gasteiger partial charge is 0.490 e. The van der Waals surface area contributed by atoms with Crippen LogP contribution >= 0.6 is 0 Å². The Kier molecular flexibility index (Phi) is 3.58. The van der Waals surface area contributed by atoms with Crippen molar-refractivity contribution in [2.24, 2.45) is 0 Å². The lowest BCUT2D eigenvalue weighted by Crippen LogP contribution is -1.98. The van der Waals surface area contributed by atoms with Crippen molar-refractivity contribution in [3.63, 3.8) is 0 Å². The molecule has 0 fully saturated rings. The molecule has 0 spiro atoms. The minimum atomic E-state index is -0.409. The number of halogens is 1. The smallest absolute Gasteiger partial charge is 0.172 e. The van der Waals surface area contributed by atoms with Crippen LogP contribution in [0.25, 0.3) is 0 Å². The van der Waals surface area contributed by atoms with Crippen molar-refractivity contribution >= 4 is 0 Å². The van der Waals surface area contributed by atoms with Crippen LogP contribution in [-0.2, 0) is 0 Å². The third-order valence-electron chi connectivity index (χ3n) is 1.53. The van der Waals surface area contributed by atoms with Gasteiger partial charge in [-0.15, -0.1) is 0 Å². The summed E-state index contributed by atoms with van der Waals surface area (Å²) in [6.07, 6.45) is 2.01. The third-order valence-corrected chi connectivity index (χ3v) is 1.53. The summed E-state index contributed by atoms with van der Waals surface area (Å²) in [7, 11) is 0. The monoisotopic (exact) mass is 167 g/mol. The highest BCUT2D eigenvalue weighted by Gasteiger charge is 1.99. The lowest BCUT2D eigenvalue weighted by Gasteiger charge is -2.04. The number of rotatable bonds is 4. The number of hydrogen-bond acceptors (Lipinski definition) is 1. The van der Waals surface area contributed by atoms with E-state index in [0.717, 1.165) is 12.8 Å². The standard InChI is InChI=1S/C10H12FO/c1-2-3-8-12-10-7-5-4-6-9(10)11/h4-5,7H,2-3,8H2,1H3.